The second kappa shape index (κ2) is 4.24. The first kappa shape index (κ1) is 11.5. The molecule has 2 fully saturated rings. The van der Waals surface area contributed by atoms with E-state index in [2.05, 4.69) is 33.2 Å². The lowest BCUT2D eigenvalue weighted by Crippen LogP contribution is -2.33. The number of aryl methyl sites for hydroxylation is 1. The van der Waals surface area contributed by atoms with Crippen LogP contribution in [0.25, 0.3) is 0 Å². The zero-order valence-corrected chi connectivity index (χ0v) is 11.8. The minimum absolute atomic E-state index is 0.0810. The van der Waals surface area contributed by atoms with E-state index in [4.69, 9.17) is 0 Å². The Labute approximate surface area is 114 Å². The molecule has 1 saturated carbocycles. The van der Waals surface area contributed by atoms with Crippen LogP contribution in [0, 0.1) is 22.3 Å². The molecular formula is C13H15IN2O. The molecule has 4 heteroatoms. The Morgan fingerprint density at radius 1 is 1.41 bits per heavy atom. The highest BCUT2D eigenvalue weighted by atomic mass is 127. The van der Waals surface area contributed by atoms with E-state index in [9.17, 15) is 4.79 Å². The molecule has 1 aliphatic heterocycles. The van der Waals surface area contributed by atoms with Gasteiger partial charge in [0.05, 0.1) is 5.56 Å². The van der Waals surface area contributed by atoms with Crippen LogP contribution in [0.3, 0.4) is 0 Å². The van der Waals surface area contributed by atoms with Crippen LogP contribution in [0.1, 0.15) is 15.9 Å². The third-order valence-electron chi connectivity index (χ3n) is 3.83. The molecule has 1 saturated heterocycles. The molecule has 2 aliphatic rings. The maximum absolute atomic E-state index is 12.2. The van der Waals surface area contributed by atoms with Gasteiger partial charge in [-0.1, -0.05) is 12.1 Å². The zero-order valence-electron chi connectivity index (χ0n) is 9.66. The molecule has 90 valence electrons. The van der Waals surface area contributed by atoms with Gasteiger partial charge in [-0.3, -0.25) is 4.79 Å². The first-order chi connectivity index (χ1) is 8.18. The van der Waals surface area contributed by atoms with Crippen molar-refractivity contribution in [3.63, 3.8) is 0 Å². The molecule has 3 rings (SSSR count). The largest absolute Gasteiger partial charge is 0.349 e. The molecule has 0 bridgehead atoms. The van der Waals surface area contributed by atoms with Gasteiger partial charge in [-0.25, -0.2) is 0 Å². The number of carbonyl (C=O) groups is 1. The predicted molar refractivity (Wildman–Crippen MR) is 75.0 cm³/mol. The Hall–Kier alpha value is -0.620. The van der Waals surface area contributed by atoms with Gasteiger partial charge in [0.25, 0.3) is 5.91 Å². The van der Waals surface area contributed by atoms with Gasteiger partial charge in [0.1, 0.15) is 0 Å². The van der Waals surface area contributed by atoms with Gasteiger partial charge in [-0.2, -0.15) is 0 Å². The monoisotopic (exact) mass is 342 g/mol. The maximum atomic E-state index is 12.2. The Morgan fingerprint density at radius 3 is 2.82 bits per heavy atom. The smallest absolute Gasteiger partial charge is 0.252 e. The lowest BCUT2D eigenvalue weighted by atomic mass is 10.1. The number of fused-ring (bicyclic) bond motifs is 1. The van der Waals surface area contributed by atoms with Crippen molar-refractivity contribution in [3.8, 4) is 0 Å². The molecule has 2 N–H and O–H groups in total. The van der Waals surface area contributed by atoms with Crippen molar-refractivity contribution in [2.24, 2.45) is 11.8 Å². The van der Waals surface area contributed by atoms with Gasteiger partial charge in [0.2, 0.25) is 0 Å². The number of rotatable bonds is 2. The first-order valence-electron chi connectivity index (χ1n) is 5.95. The highest BCUT2D eigenvalue weighted by Crippen LogP contribution is 2.41. The number of hydrogen-bond acceptors (Lipinski definition) is 2. The van der Waals surface area contributed by atoms with E-state index in [0.29, 0.717) is 17.9 Å². The molecule has 0 radical (unpaired) electrons. The quantitative estimate of drug-likeness (QED) is 0.801. The Balaban J connectivity index is 1.72. The van der Waals surface area contributed by atoms with Crippen molar-refractivity contribution < 1.29 is 4.79 Å². The highest BCUT2D eigenvalue weighted by molar-refractivity contribution is 14.1. The van der Waals surface area contributed by atoms with Gasteiger partial charge >= 0.3 is 0 Å². The summed E-state index contributed by atoms with van der Waals surface area (Å²) in [5, 5.41) is 6.49. The summed E-state index contributed by atoms with van der Waals surface area (Å²) in [6, 6.07) is 6.29. The highest BCUT2D eigenvalue weighted by Gasteiger charge is 2.53. The van der Waals surface area contributed by atoms with Crippen LogP contribution >= 0.6 is 22.6 Å². The van der Waals surface area contributed by atoms with Crippen LogP contribution in [0.15, 0.2) is 18.2 Å². The number of hydrogen-bond donors (Lipinski definition) is 2. The second-order valence-electron chi connectivity index (χ2n) is 4.92. The van der Waals surface area contributed by atoms with Crippen molar-refractivity contribution >= 4 is 28.5 Å². The van der Waals surface area contributed by atoms with Crippen molar-refractivity contribution in [2.45, 2.75) is 13.0 Å². The third-order valence-corrected chi connectivity index (χ3v) is 5.26. The van der Waals surface area contributed by atoms with E-state index in [1.165, 1.54) is 0 Å². The Kier molecular flexibility index (Phi) is 2.86. The summed E-state index contributed by atoms with van der Waals surface area (Å²) in [5.41, 5.74) is 1.97. The molecule has 1 aromatic carbocycles. The fourth-order valence-corrected chi connectivity index (χ4v) is 3.29. The molecular weight excluding hydrogens is 327 g/mol. The average molecular weight is 342 g/mol. The van der Waals surface area contributed by atoms with Crippen molar-refractivity contribution in [2.75, 3.05) is 13.1 Å². The van der Waals surface area contributed by atoms with E-state index in [1.807, 2.05) is 25.1 Å². The summed E-state index contributed by atoms with van der Waals surface area (Å²) < 4.78 is 1.06. The first-order valence-corrected chi connectivity index (χ1v) is 7.03. The topological polar surface area (TPSA) is 41.1 Å². The van der Waals surface area contributed by atoms with Crippen LogP contribution in [0.5, 0.6) is 0 Å². The van der Waals surface area contributed by atoms with Crippen LogP contribution in [-0.2, 0) is 0 Å². The molecule has 0 spiro atoms. The summed E-state index contributed by atoms with van der Waals surface area (Å²) in [7, 11) is 0. The second-order valence-corrected chi connectivity index (χ2v) is 6.00. The zero-order chi connectivity index (χ0) is 12.0. The molecule has 1 amide bonds. The normalized spacial score (nSPS) is 29.9. The van der Waals surface area contributed by atoms with Crippen molar-refractivity contribution in [1.82, 2.24) is 10.6 Å². The summed E-state index contributed by atoms with van der Waals surface area (Å²) in [5.74, 6) is 1.42. The van der Waals surface area contributed by atoms with Gasteiger partial charge in [-0.15, -0.1) is 0 Å². The Morgan fingerprint density at radius 2 is 2.12 bits per heavy atom. The fourth-order valence-electron chi connectivity index (χ4n) is 2.68. The van der Waals surface area contributed by atoms with Crippen LogP contribution in [0.2, 0.25) is 0 Å². The number of amides is 1. The molecule has 1 aromatic rings. The fraction of sp³-hybridized carbons (Fsp3) is 0.462. The molecule has 17 heavy (non-hydrogen) atoms. The van der Waals surface area contributed by atoms with Crippen LogP contribution in [-0.4, -0.2) is 25.0 Å². The lowest BCUT2D eigenvalue weighted by Gasteiger charge is -2.10. The van der Waals surface area contributed by atoms with E-state index in [-0.39, 0.29) is 5.91 Å². The molecule has 2 atom stereocenters. The van der Waals surface area contributed by atoms with Gasteiger partial charge in [0.15, 0.2) is 0 Å². The standard InChI is InChI=1S/C13H15IN2O/c1-7-3-2-4-8(11(7)14)13(17)16-12-9-5-15-6-10(9)12/h2-4,9-10,12,15H,5-6H2,1H3,(H,16,17). The summed E-state index contributed by atoms with van der Waals surface area (Å²) >= 11 is 2.25. The summed E-state index contributed by atoms with van der Waals surface area (Å²) in [6.07, 6.45) is 0. The molecule has 0 aromatic heterocycles. The minimum atomic E-state index is 0.0810. The van der Waals surface area contributed by atoms with E-state index >= 15 is 0 Å². The SMILES string of the molecule is Cc1cccc(C(=O)NC2C3CNCC32)c1I. The minimum Gasteiger partial charge on any atom is -0.349 e. The van der Waals surface area contributed by atoms with Gasteiger partial charge in [0, 0.05) is 22.7 Å². The van der Waals surface area contributed by atoms with E-state index in [0.717, 1.165) is 27.8 Å². The summed E-state index contributed by atoms with van der Waals surface area (Å²) in [6.45, 7) is 4.15. The average Bonchev–Trinajstić information content (AvgIpc) is 2.76. The van der Waals surface area contributed by atoms with Crippen LogP contribution in [0.4, 0.5) is 0 Å². The molecule has 3 nitrogen and oxygen atoms in total. The van der Waals surface area contributed by atoms with Crippen LogP contribution < -0.4 is 10.6 Å². The van der Waals surface area contributed by atoms with Gasteiger partial charge < -0.3 is 10.6 Å². The number of carbonyl (C=O) groups excluding carboxylic acids is 1. The maximum Gasteiger partial charge on any atom is 0.252 e. The lowest BCUT2D eigenvalue weighted by molar-refractivity contribution is 0.0945. The van der Waals surface area contributed by atoms with Gasteiger partial charge in [-0.05, 0) is 53.0 Å². The van der Waals surface area contributed by atoms with E-state index in [1.54, 1.807) is 0 Å². The predicted octanol–water partition coefficient (Wildman–Crippen LogP) is 1.55. The molecule has 1 aliphatic carbocycles. The molecule has 1 heterocycles. The number of nitrogens with one attached hydrogen (secondary N) is 2. The van der Waals surface area contributed by atoms with E-state index < -0.39 is 0 Å². The Bertz CT molecular complexity index is 464. The van der Waals surface area contributed by atoms with Crippen molar-refractivity contribution in [3.05, 3.63) is 32.9 Å². The molecule has 2 unspecified atom stereocenters. The summed E-state index contributed by atoms with van der Waals surface area (Å²) in [4.78, 5) is 12.2. The number of benzene rings is 1. The number of halogens is 1. The third kappa shape index (κ3) is 1.97. The number of piperidine rings is 1. The van der Waals surface area contributed by atoms with Crippen molar-refractivity contribution in [1.29, 1.82) is 0 Å².